The normalized spacial score (nSPS) is 20.9. The van der Waals surface area contributed by atoms with Crippen LogP contribution in [0.2, 0.25) is 5.02 Å². The quantitative estimate of drug-likeness (QED) is 0.704. The van der Waals surface area contributed by atoms with Crippen molar-refractivity contribution < 1.29 is 9.53 Å². The Kier molecular flexibility index (Phi) is 3.33. The van der Waals surface area contributed by atoms with Gasteiger partial charge in [-0.05, 0) is 37.6 Å². The fourth-order valence-corrected chi connectivity index (χ4v) is 3.82. The number of esters is 1. The van der Waals surface area contributed by atoms with E-state index in [4.69, 9.17) is 21.3 Å². The molecule has 0 radical (unpaired) electrons. The number of hydrogen-bond donors (Lipinski definition) is 0. The van der Waals surface area contributed by atoms with E-state index in [0.29, 0.717) is 12.2 Å². The molecule has 0 aromatic heterocycles. The lowest BCUT2D eigenvalue weighted by atomic mass is 9.76. The summed E-state index contributed by atoms with van der Waals surface area (Å²) in [5, 5.41) is 0.778. The second-order valence-electron chi connectivity index (χ2n) is 6.98. The summed E-state index contributed by atoms with van der Waals surface area (Å²) in [6, 6.07) is 11.8. The molecule has 2 heterocycles. The van der Waals surface area contributed by atoms with Gasteiger partial charge in [0.1, 0.15) is 6.61 Å². The molecule has 0 fully saturated rings. The standard InChI is InChI=1S/C20H18ClNO2/c1-11-17-15(5-4-6-16(17)21)18(22-20(11,2)3)12-7-8-14-13(9-12)10-24-19(14)23/h4-9,11H,10H2,1-3H3. The van der Waals surface area contributed by atoms with Crippen molar-refractivity contribution >= 4 is 23.3 Å². The van der Waals surface area contributed by atoms with Gasteiger partial charge in [-0.1, -0.05) is 36.7 Å². The monoisotopic (exact) mass is 339 g/mol. The minimum absolute atomic E-state index is 0.226. The molecule has 4 heteroatoms. The second kappa shape index (κ2) is 5.18. The average molecular weight is 340 g/mol. The largest absolute Gasteiger partial charge is 0.457 e. The highest BCUT2D eigenvalue weighted by Gasteiger charge is 2.36. The molecule has 2 aliphatic heterocycles. The molecular weight excluding hydrogens is 322 g/mol. The Hall–Kier alpha value is -2.13. The summed E-state index contributed by atoms with van der Waals surface area (Å²) in [5.41, 5.74) is 5.45. The highest BCUT2D eigenvalue weighted by Crippen LogP contribution is 2.42. The van der Waals surface area contributed by atoms with Crippen molar-refractivity contribution in [2.45, 2.75) is 38.8 Å². The number of ether oxygens (including phenoxy) is 1. The summed E-state index contributed by atoms with van der Waals surface area (Å²) < 4.78 is 5.11. The second-order valence-corrected chi connectivity index (χ2v) is 7.39. The first-order valence-corrected chi connectivity index (χ1v) is 8.45. The van der Waals surface area contributed by atoms with Crippen molar-refractivity contribution in [2.24, 2.45) is 4.99 Å². The van der Waals surface area contributed by atoms with Crippen LogP contribution in [0.25, 0.3) is 0 Å². The first kappa shape index (κ1) is 15.4. The molecule has 2 aliphatic rings. The average Bonchev–Trinajstić information content (AvgIpc) is 2.92. The van der Waals surface area contributed by atoms with Crippen molar-refractivity contribution in [3.8, 4) is 0 Å². The van der Waals surface area contributed by atoms with Gasteiger partial charge in [-0.15, -0.1) is 0 Å². The van der Waals surface area contributed by atoms with Crippen LogP contribution in [0.5, 0.6) is 0 Å². The lowest BCUT2D eigenvalue weighted by Crippen LogP contribution is -2.33. The van der Waals surface area contributed by atoms with Crippen LogP contribution < -0.4 is 0 Å². The van der Waals surface area contributed by atoms with E-state index in [0.717, 1.165) is 33.0 Å². The van der Waals surface area contributed by atoms with Gasteiger partial charge in [-0.2, -0.15) is 0 Å². The van der Waals surface area contributed by atoms with Gasteiger partial charge < -0.3 is 4.74 Å². The van der Waals surface area contributed by atoms with Crippen LogP contribution in [-0.4, -0.2) is 17.2 Å². The minimum atomic E-state index is -0.251. The number of benzene rings is 2. The van der Waals surface area contributed by atoms with E-state index < -0.39 is 0 Å². The Morgan fingerprint density at radius 2 is 2.00 bits per heavy atom. The van der Waals surface area contributed by atoms with Gasteiger partial charge in [-0.25, -0.2) is 4.79 Å². The third kappa shape index (κ3) is 2.19. The van der Waals surface area contributed by atoms with Crippen LogP contribution in [0.1, 0.15) is 59.3 Å². The smallest absolute Gasteiger partial charge is 0.338 e. The summed E-state index contributed by atoms with van der Waals surface area (Å²) in [6.07, 6.45) is 0. The Labute approximate surface area is 146 Å². The van der Waals surface area contributed by atoms with Crippen molar-refractivity contribution in [2.75, 3.05) is 0 Å². The Morgan fingerprint density at radius 3 is 2.79 bits per heavy atom. The van der Waals surface area contributed by atoms with Crippen LogP contribution in [0.4, 0.5) is 0 Å². The third-order valence-corrected chi connectivity index (χ3v) is 5.49. The molecule has 0 spiro atoms. The van der Waals surface area contributed by atoms with Crippen molar-refractivity contribution in [3.63, 3.8) is 0 Å². The predicted octanol–water partition coefficient (Wildman–Crippen LogP) is 4.74. The van der Waals surface area contributed by atoms with E-state index in [9.17, 15) is 4.79 Å². The van der Waals surface area contributed by atoms with Crippen molar-refractivity contribution in [1.82, 2.24) is 0 Å². The van der Waals surface area contributed by atoms with Crippen LogP contribution >= 0.6 is 11.6 Å². The molecule has 122 valence electrons. The van der Waals surface area contributed by atoms with Gasteiger partial charge in [0.2, 0.25) is 0 Å². The maximum Gasteiger partial charge on any atom is 0.338 e. The number of aliphatic imine (C=N–C) groups is 1. The molecule has 0 N–H and O–H groups in total. The molecule has 0 saturated carbocycles. The van der Waals surface area contributed by atoms with E-state index in [1.165, 1.54) is 0 Å². The molecule has 4 rings (SSSR count). The Bertz CT molecular complexity index is 899. The lowest BCUT2D eigenvalue weighted by molar-refractivity contribution is 0.0535. The fourth-order valence-electron chi connectivity index (χ4n) is 3.48. The van der Waals surface area contributed by atoms with Crippen LogP contribution in [0, 0.1) is 0 Å². The van der Waals surface area contributed by atoms with Gasteiger partial charge >= 0.3 is 5.97 Å². The van der Waals surface area contributed by atoms with E-state index in [-0.39, 0.29) is 17.4 Å². The highest BCUT2D eigenvalue weighted by molar-refractivity contribution is 6.32. The van der Waals surface area contributed by atoms with Crippen LogP contribution in [-0.2, 0) is 11.3 Å². The molecule has 0 bridgehead atoms. The topological polar surface area (TPSA) is 38.7 Å². The van der Waals surface area contributed by atoms with E-state index >= 15 is 0 Å². The van der Waals surface area contributed by atoms with E-state index in [1.807, 2.05) is 30.3 Å². The van der Waals surface area contributed by atoms with E-state index in [1.54, 1.807) is 0 Å². The Morgan fingerprint density at radius 1 is 1.21 bits per heavy atom. The molecule has 2 aromatic carbocycles. The summed E-state index contributed by atoms with van der Waals surface area (Å²) in [7, 11) is 0. The van der Waals surface area contributed by atoms with Crippen molar-refractivity contribution in [3.05, 3.63) is 69.2 Å². The molecular formula is C20H18ClNO2. The molecule has 1 atom stereocenters. The maximum atomic E-state index is 11.7. The summed E-state index contributed by atoms with van der Waals surface area (Å²) >= 11 is 6.51. The summed E-state index contributed by atoms with van der Waals surface area (Å²) in [6.45, 7) is 6.76. The number of cyclic esters (lactones) is 1. The zero-order chi connectivity index (χ0) is 17.1. The Balaban J connectivity index is 1.92. The molecule has 1 unspecified atom stereocenters. The van der Waals surface area contributed by atoms with Crippen LogP contribution in [0.3, 0.4) is 0 Å². The van der Waals surface area contributed by atoms with Gasteiger partial charge in [0.05, 0.1) is 16.8 Å². The predicted molar refractivity (Wildman–Crippen MR) is 95.1 cm³/mol. The highest BCUT2D eigenvalue weighted by atomic mass is 35.5. The molecule has 0 amide bonds. The number of hydrogen-bond acceptors (Lipinski definition) is 3. The van der Waals surface area contributed by atoms with E-state index in [2.05, 4.69) is 26.8 Å². The molecule has 2 aromatic rings. The molecule has 0 aliphatic carbocycles. The fraction of sp³-hybridized carbons (Fsp3) is 0.300. The zero-order valence-electron chi connectivity index (χ0n) is 13.9. The first-order valence-electron chi connectivity index (χ1n) is 8.07. The number of carbonyl (C=O) groups excluding carboxylic acids is 1. The van der Waals surface area contributed by atoms with Gasteiger partial charge in [0.15, 0.2) is 0 Å². The van der Waals surface area contributed by atoms with Crippen LogP contribution in [0.15, 0.2) is 41.4 Å². The number of carbonyl (C=O) groups is 1. The number of halogens is 1. The molecule has 24 heavy (non-hydrogen) atoms. The van der Waals surface area contributed by atoms with Gasteiger partial charge in [0.25, 0.3) is 0 Å². The van der Waals surface area contributed by atoms with Gasteiger partial charge in [-0.3, -0.25) is 4.99 Å². The first-order chi connectivity index (χ1) is 11.4. The lowest BCUT2D eigenvalue weighted by Gasteiger charge is -2.36. The van der Waals surface area contributed by atoms with Crippen molar-refractivity contribution in [1.29, 1.82) is 0 Å². The summed E-state index contributed by atoms with van der Waals surface area (Å²) in [5.74, 6) is -0.0242. The van der Waals surface area contributed by atoms with Gasteiger partial charge in [0, 0.05) is 27.6 Å². The maximum absolute atomic E-state index is 11.7. The number of nitrogens with zero attached hydrogens (tertiary/aromatic N) is 1. The third-order valence-electron chi connectivity index (χ3n) is 5.16. The minimum Gasteiger partial charge on any atom is -0.457 e. The zero-order valence-corrected chi connectivity index (χ0v) is 14.6. The molecule has 3 nitrogen and oxygen atoms in total. The SMILES string of the molecule is CC1c2c(Cl)cccc2C(c2ccc3c(c2)COC3=O)=NC1(C)C. The summed E-state index contributed by atoms with van der Waals surface area (Å²) in [4.78, 5) is 16.7. The number of fused-ring (bicyclic) bond motifs is 2. The number of rotatable bonds is 1. The molecule has 0 saturated heterocycles.